The number of nitrogens with zero attached hydrogens (tertiary/aromatic N) is 2. The number of hydrogen-bond donors (Lipinski definition) is 2. The van der Waals surface area contributed by atoms with Crippen LogP contribution in [0.1, 0.15) is 5.56 Å². The fourth-order valence-corrected chi connectivity index (χ4v) is 3.34. The zero-order valence-electron chi connectivity index (χ0n) is 13.3. The van der Waals surface area contributed by atoms with Crippen molar-refractivity contribution in [2.24, 2.45) is 9.63 Å². The molecule has 130 valence electrons. The van der Waals surface area contributed by atoms with Crippen LogP contribution in [0, 0.1) is 6.92 Å². The summed E-state index contributed by atoms with van der Waals surface area (Å²) in [4.78, 5) is 2.67. The highest BCUT2D eigenvalue weighted by Crippen LogP contribution is 2.43. The van der Waals surface area contributed by atoms with Crippen molar-refractivity contribution in [1.29, 1.82) is 0 Å². The summed E-state index contributed by atoms with van der Waals surface area (Å²) in [7, 11) is -2.55. The Hall–Kier alpha value is -2.58. The largest absolute Gasteiger partial charge is 0.495 e. The number of benzene rings is 2. The SMILES string of the molecule is COc1ccc(Cl)c2c(N=NS(=O)(=O)c3ccc(C)cc3)c(O)[nH]c12. The van der Waals surface area contributed by atoms with Crippen molar-refractivity contribution in [2.75, 3.05) is 7.11 Å². The molecule has 0 atom stereocenters. The lowest BCUT2D eigenvalue weighted by molar-refractivity contribution is 0.417. The number of rotatable bonds is 4. The van der Waals surface area contributed by atoms with Gasteiger partial charge in [0.15, 0.2) is 5.69 Å². The molecule has 25 heavy (non-hydrogen) atoms. The van der Waals surface area contributed by atoms with Gasteiger partial charge in [-0.1, -0.05) is 33.8 Å². The third-order valence-corrected chi connectivity index (χ3v) is 5.09. The van der Waals surface area contributed by atoms with Crippen molar-refractivity contribution in [3.05, 3.63) is 47.0 Å². The summed E-state index contributed by atoms with van der Waals surface area (Å²) in [5.41, 5.74) is 1.24. The third kappa shape index (κ3) is 3.18. The van der Waals surface area contributed by atoms with Crippen LogP contribution < -0.4 is 4.74 Å². The lowest BCUT2D eigenvalue weighted by atomic mass is 10.2. The average Bonchev–Trinajstić information content (AvgIpc) is 2.91. The minimum atomic E-state index is -4.01. The molecule has 9 heteroatoms. The van der Waals surface area contributed by atoms with Crippen molar-refractivity contribution in [3.8, 4) is 11.6 Å². The minimum absolute atomic E-state index is 0.00450. The smallest absolute Gasteiger partial charge is 0.299 e. The first kappa shape index (κ1) is 17.2. The van der Waals surface area contributed by atoms with Gasteiger partial charge in [-0.05, 0) is 31.2 Å². The number of aryl methyl sites for hydroxylation is 1. The lowest BCUT2D eigenvalue weighted by Crippen LogP contribution is -1.95. The normalized spacial score (nSPS) is 12.1. The summed E-state index contributed by atoms with van der Waals surface area (Å²) in [5, 5.41) is 14.4. The molecule has 3 rings (SSSR count). The van der Waals surface area contributed by atoms with Gasteiger partial charge in [0, 0.05) is 0 Å². The van der Waals surface area contributed by atoms with E-state index in [1.807, 2.05) is 6.92 Å². The van der Waals surface area contributed by atoms with Crippen molar-refractivity contribution in [1.82, 2.24) is 4.98 Å². The number of hydrogen-bond acceptors (Lipinski definition) is 5. The molecule has 0 aliphatic heterocycles. The number of H-pyrrole nitrogens is 1. The number of fused-ring (bicyclic) bond motifs is 1. The van der Waals surface area contributed by atoms with Crippen molar-refractivity contribution < 1.29 is 18.3 Å². The molecular formula is C16H14ClN3O4S. The van der Waals surface area contributed by atoms with Gasteiger partial charge in [0.25, 0.3) is 10.0 Å². The van der Waals surface area contributed by atoms with Crippen LogP contribution in [0.3, 0.4) is 0 Å². The second kappa shape index (κ2) is 6.38. The molecule has 1 aromatic heterocycles. The summed E-state index contributed by atoms with van der Waals surface area (Å²) in [5.74, 6) is 0.0711. The van der Waals surface area contributed by atoms with Crippen LogP contribution in [-0.4, -0.2) is 25.6 Å². The van der Waals surface area contributed by atoms with E-state index in [9.17, 15) is 13.5 Å². The quantitative estimate of drug-likeness (QED) is 0.658. The van der Waals surface area contributed by atoms with Gasteiger partial charge < -0.3 is 14.8 Å². The monoisotopic (exact) mass is 379 g/mol. The molecule has 0 radical (unpaired) electrons. The Kier molecular flexibility index (Phi) is 4.40. The third-order valence-electron chi connectivity index (χ3n) is 3.61. The fraction of sp³-hybridized carbons (Fsp3) is 0.125. The Balaban J connectivity index is 2.10. The van der Waals surface area contributed by atoms with Gasteiger partial charge in [-0.2, -0.15) is 8.42 Å². The maximum absolute atomic E-state index is 12.3. The van der Waals surface area contributed by atoms with Crippen LogP contribution in [-0.2, 0) is 10.0 Å². The van der Waals surface area contributed by atoms with E-state index in [0.717, 1.165) is 5.56 Å². The number of methoxy groups -OCH3 is 1. The molecule has 0 saturated carbocycles. The van der Waals surface area contributed by atoms with Gasteiger partial charge >= 0.3 is 0 Å². The molecule has 0 fully saturated rings. The second-order valence-corrected chi connectivity index (χ2v) is 7.28. The van der Waals surface area contributed by atoms with Crippen LogP contribution in [0.2, 0.25) is 5.02 Å². The zero-order valence-corrected chi connectivity index (χ0v) is 14.9. The highest BCUT2D eigenvalue weighted by molar-refractivity contribution is 7.90. The van der Waals surface area contributed by atoms with E-state index in [1.54, 1.807) is 24.3 Å². The lowest BCUT2D eigenvalue weighted by Gasteiger charge is -2.02. The van der Waals surface area contributed by atoms with Crippen LogP contribution in [0.4, 0.5) is 5.69 Å². The van der Waals surface area contributed by atoms with Gasteiger partial charge in [0.05, 0.1) is 27.9 Å². The summed E-state index contributed by atoms with van der Waals surface area (Å²) >= 11 is 6.15. The molecular weight excluding hydrogens is 366 g/mol. The number of ether oxygens (including phenoxy) is 1. The molecule has 0 aliphatic carbocycles. The molecule has 0 spiro atoms. The molecule has 2 aromatic carbocycles. The Bertz CT molecular complexity index is 1070. The van der Waals surface area contributed by atoms with E-state index in [0.29, 0.717) is 16.7 Å². The Morgan fingerprint density at radius 1 is 1.16 bits per heavy atom. The number of halogens is 1. The first-order chi connectivity index (χ1) is 11.8. The molecule has 3 aromatic rings. The number of nitrogens with one attached hydrogen (secondary N) is 1. The maximum Gasteiger partial charge on any atom is 0.299 e. The maximum atomic E-state index is 12.3. The Labute approximate surface area is 149 Å². The van der Waals surface area contributed by atoms with Crippen molar-refractivity contribution >= 4 is 38.2 Å². The summed E-state index contributed by atoms with van der Waals surface area (Å²) in [6.45, 7) is 1.84. The summed E-state index contributed by atoms with van der Waals surface area (Å²) in [6, 6.07) is 9.37. The van der Waals surface area contributed by atoms with E-state index in [-0.39, 0.29) is 21.5 Å². The molecule has 2 N–H and O–H groups in total. The van der Waals surface area contributed by atoms with E-state index >= 15 is 0 Å². The van der Waals surface area contributed by atoms with Gasteiger partial charge in [-0.15, -0.1) is 5.11 Å². The number of aromatic hydroxyl groups is 1. The molecule has 0 amide bonds. The van der Waals surface area contributed by atoms with Gasteiger partial charge in [0.1, 0.15) is 5.75 Å². The molecule has 0 unspecified atom stereocenters. The first-order valence-electron chi connectivity index (χ1n) is 7.15. The molecule has 0 saturated heterocycles. The predicted molar refractivity (Wildman–Crippen MR) is 94.4 cm³/mol. The Morgan fingerprint density at radius 2 is 1.84 bits per heavy atom. The van der Waals surface area contributed by atoms with Gasteiger partial charge in [-0.25, -0.2) is 0 Å². The topological polar surface area (TPSA) is 104 Å². The molecule has 7 nitrogen and oxygen atoms in total. The van der Waals surface area contributed by atoms with Crippen LogP contribution in [0.5, 0.6) is 11.6 Å². The van der Waals surface area contributed by atoms with Crippen LogP contribution in [0.15, 0.2) is 50.9 Å². The standard InChI is InChI=1S/C16H14ClN3O4S/c1-9-3-5-10(6-4-9)25(22,23)20-19-15-13-11(17)7-8-12(24-2)14(13)18-16(15)21/h3-8,18,21H,1-2H3. The molecule has 0 aliphatic rings. The predicted octanol–water partition coefficient (Wildman–Crippen LogP) is 4.32. The van der Waals surface area contributed by atoms with Gasteiger partial charge in [-0.3, -0.25) is 0 Å². The number of aromatic nitrogens is 1. The summed E-state index contributed by atoms with van der Waals surface area (Å²) in [6.07, 6.45) is 0. The second-order valence-electron chi connectivity index (χ2n) is 5.29. The highest BCUT2D eigenvalue weighted by atomic mass is 35.5. The van der Waals surface area contributed by atoms with E-state index in [4.69, 9.17) is 16.3 Å². The highest BCUT2D eigenvalue weighted by Gasteiger charge is 2.19. The zero-order chi connectivity index (χ0) is 18.2. The number of aromatic amines is 1. The molecule has 1 heterocycles. The van der Waals surface area contributed by atoms with Gasteiger partial charge in [0.2, 0.25) is 5.88 Å². The molecule has 0 bridgehead atoms. The minimum Gasteiger partial charge on any atom is -0.495 e. The average molecular weight is 380 g/mol. The van der Waals surface area contributed by atoms with Crippen molar-refractivity contribution in [2.45, 2.75) is 11.8 Å². The first-order valence-corrected chi connectivity index (χ1v) is 8.97. The van der Waals surface area contributed by atoms with E-state index in [2.05, 4.69) is 14.6 Å². The summed E-state index contributed by atoms with van der Waals surface area (Å²) < 4.78 is 33.2. The Morgan fingerprint density at radius 3 is 2.48 bits per heavy atom. The van der Waals surface area contributed by atoms with E-state index in [1.165, 1.54) is 19.2 Å². The number of sulfonamides is 1. The van der Waals surface area contributed by atoms with Crippen LogP contribution in [0.25, 0.3) is 10.9 Å². The van der Waals surface area contributed by atoms with Crippen molar-refractivity contribution in [3.63, 3.8) is 0 Å². The van der Waals surface area contributed by atoms with E-state index < -0.39 is 10.0 Å². The fourth-order valence-electron chi connectivity index (χ4n) is 2.33. The van der Waals surface area contributed by atoms with Crippen LogP contribution >= 0.6 is 11.6 Å².